The molecule has 0 atom stereocenters. The Hall–Kier alpha value is -3.61. The number of ether oxygens (including phenoxy) is 3. The van der Waals surface area contributed by atoms with Crippen molar-refractivity contribution in [1.82, 2.24) is 0 Å². The van der Waals surface area contributed by atoms with E-state index in [9.17, 15) is 14.4 Å². The van der Waals surface area contributed by atoms with Crippen LogP contribution >= 0.6 is 0 Å². The lowest BCUT2D eigenvalue weighted by Gasteiger charge is -2.15. The summed E-state index contributed by atoms with van der Waals surface area (Å²) in [6.45, 7) is 2.73. The normalized spacial score (nSPS) is 13.5. The number of rotatable bonds is 9. The number of benzene rings is 2. The van der Waals surface area contributed by atoms with E-state index in [4.69, 9.17) is 14.2 Å². The number of ketones is 1. The van der Waals surface area contributed by atoms with Gasteiger partial charge in [0.25, 0.3) is 0 Å². The highest BCUT2D eigenvalue weighted by atomic mass is 16.5. The molecule has 1 heterocycles. The maximum atomic E-state index is 12.3. The van der Waals surface area contributed by atoms with Gasteiger partial charge in [0.15, 0.2) is 23.9 Å². The molecule has 0 N–H and O–H groups in total. The summed E-state index contributed by atoms with van der Waals surface area (Å²) in [5.74, 6) is 0.330. The number of anilines is 1. The van der Waals surface area contributed by atoms with Gasteiger partial charge in [-0.15, -0.1) is 0 Å². The van der Waals surface area contributed by atoms with Crippen molar-refractivity contribution in [3.8, 4) is 11.5 Å². The predicted octanol–water partition coefficient (Wildman–Crippen LogP) is 3.66. The number of esters is 1. The van der Waals surface area contributed by atoms with Crippen LogP contribution in [-0.4, -0.2) is 44.5 Å². The Morgan fingerprint density at radius 2 is 1.87 bits per heavy atom. The van der Waals surface area contributed by atoms with Crippen LogP contribution in [0, 0.1) is 0 Å². The van der Waals surface area contributed by atoms with Gasteiger partial charge in [0, 0.05) is 30.3 Å². The highest BCUT2D eigenvalue weighted by molar-refractivity contribution is 6.00. The fraction of sp³-hybridized carbons (Fsp3) is 0.292. The highest BCUT2D eigenvalue weighted by Gasteiger charge is 2.21. The molecule has 31 heavy (non-hydrogen) atoms. The fourth-order valence-electron chi connectivity index (χ4n) is 3.24. The summed E-state index contributed by atoms with van der Waals surface area (Å²) in [5, 5.41) is 0. The lowest BCUT2D eigenvalue weighted by molar-refractivity contribution is -0.136. The van der Waals surface area contributed by atoms with E-state index in [0.717, 1.165) is 17.7 Å². The lowest BCUT2D eigenvalue weighted by atomic mass is 10.1. The number of carbonyl (C=O) groups is 3. The van der Waals surface area contributed by atoms with Crippen LogP contribution in [0.5, 0.6) is 11.5 Å². The Kier molecular flexibility index (Phi) is 7.43. The summed E-state index contributed by atoms with van der Waals surface area (Å²) < 4.78 is 15.8. The number of amides is 1. The Bertz CT molecular complexity index is 980. The first-order valence-electron chi connectivity index (χ1n) is 10.1. The molecule has 0 radical (unpaired) electrons. The summed E-state index contributed by atoms with van der Waals surface area (Å²) in [6, 6.07) is 12.0. The standard InChI is InChI=1S/C24H25NO6/c1-3-30-21-12-6-17(15-22(21)29-2)7-13-24(28)31-16-20(26)18-8-10-19(11-9-18)25-14-4-5-23(25)27/h6-13,15H,3-5,14,16H2,1-2H3/b13-7+. The molecule has 2 aromatic carbocycles. The van der Waals surface area contributed by atoms with Crippen LogP contribution < -0.4 is 14.4 Å². The van der Waals surface area contributed by atoms with Gasteiger partial charge in [0.05, 0.1) is 13.7 Å². The van der Waals surface area contributed by atoms with E-state index < -0.39 is 5.97 Å². The summed E-state index contributed by atoms with van der Waals surface area (Å²) in [6.07, 6.45) is 4.22. The zero-order valence-corrected chi connectivity index (χ0v) is 17.6. The van der Waals surface area contributed by atoms with Gasteiger partial charge in [-0.2, -0.15) is 0 Å². The molecule has 1 amide bonds. The van der Waals surface area contributed by atoms with Crippen molar-refractivity contribution in [2.24, 2.45) is 0 Å². The van der Waals surface area contributed by atoms with E-state index in [1.54, 1.807) is 60.6 Å². The molecule has 0 aliphatic carbocycles. The Morgan fingerprint density at radius 1 is 1.10 bits per heavy atom. The first-order chi connectivity index (χ1) is 15.0. The summed E-state index contributed by atoms with van der Waals surface area (Å²) in [7, 11) is 1.54. The molecule has 0 bridgehead atoms. The minimum atomic E-state index is -0.625. The Labute approximate surface area is 181 Å². The van der Waals surface area contributed by atoms with Crippen LogP contribution in [-0.2, 0) is 14.3 Å². The summed E-state index contributed by atoms with van der Waals surface area (Å²) >= 11 is 0. The van der Waals surface area contributed by atoms with Crippen molar-refractivity contribution in [3.63, 3.8) is 0 Å². The van der Waals surface area contributed by atoms with Gasteiger partial charge >= 0.3 is 5.97 Å². The van der Waals surface area contributed by atoms with Crippen LogP contribution in [0.4, 0.5) is 5.69 Å². The van der Waals surface area contributed by atoms with Crippen molar-refractivity contribution < 1.29 is 28.6 Å². The van der Waals surface area contributed by atoms with Crippen LogP contribution in [0.2, 0.25) is 0 Å². The van der Waals surface area contributed by atoms with Crippen LogP contribution in [0.1, 0.15) is 35.7 Å². The number of methoxy groups -OCH3 is 1. The molecule has 0 spiro atoms. The molecule has 1 aliphatic heterocycles. The van der Waals surface area contributed by atoms with Crippen LogP contribution in [0.3, 0.4) is 0 Å². The average molecular weight is 423 g/mol. The second-order valence-corrected chi connectivity index (χ2v) is 6.90. The van der Waals surface area contributed by atoms with Crippen LogP contribution in [0.15, 0.2) is 48.5 Å². The third kappa shape index (κ3) is 5.72. The fourth-order valence-corrected chi connectivity index (χ4v) is 3.24. The Balaban J connectivity index is 1.53. The van der Waals surface area contributed by atoms with Gasteiger partial charge in [0.1, 0.15) is 0 Å². The first kappa shape index (κ1) is 22.1. The van der Waals surface area contributed by atoms with Gasteiger partial charge < -0.3 is 19.1 Å². The largest absolute Gasteiger partial charge is 0.493 e. The molecule has 0 aromatic heterocycles. The molecular weight excluding hydrogens is 398 g/mol. The SMILES string of the molecule is CCOc1ccc(/C=C/C(=O)OCC(=O)c2ccc(N3CCCC3=O)cc2)cc1OC. The maximum Gasteiger partial charge on any atom is 0.331 e. The molecule has 0 saturated carbocycles. The van der Waals surface area contributed by atoms with Crippen molar-refractivity contribution >= 4 is 29.4 Å². The van der Waals surface area contributed by atoms with Gasteiger partial charge in [-0.05, 0) is 61.4 Å². The van der Waals surface area contributed by atoms with Gasteiger partial charge in [-0.1, -0.05) is 6.07 Å². The molecular formula is C24H25NO6. The monoisotopic (exact) mass is 423 g/mol. The maximum absolute atomic E-state index is 12.3. The Morgan fingerprint density at radius 3 is 2.52 bits per heavy atom. The van der Waals surface area contributed by atoms with Gasteiger partial charge in [-0.25, -0.2) is 4.79 Å². The highest BCUT2D eigenvalue weighted by Crippen LogP contribution is 2.28. The van der Waals surface area contributed by atoms with E-state index in [-0.39, 0.29) is 18.3 Å². The molecule has 7 nitrogen and oxygen atoms in total. The second kappa shape index (κ2) is 10.4. The van der Waals surface area contributed by atoms with Crippen molar-refractivity contribution in [1.29, 1.82) is 0 Å². The molecule has 3 rings (SSSR count). The number of hydrogen-bond acceptors (Lipinski definition) is 6. The van der Waals surface area contributed by atoms with E-state index in [2.05, 4.69) is 0 Å². The third-order valence-corrected chi connectivity index (χ3v) is 4.82. The van der Waals surface area contributed by atoms with E-state index in [1.807, 2.05) is 6.92 Å². The first-order valence-corrected chi connectivity index (χ1v) is 10.1. The average Bonchev–Trinajstić information content (AvgIpc) is 3.22. The van der Waals surface area contributed by atoms with E-state index >= 15 is 0 Å². The molecule has 162 valence electrons. The molecule has 2 aromatic rings. The zero-order chi connectivity index (χ0) is 22.2. The molecule has 1 fully saturated rings. The number of Topliss-reactive ketones (excluding diaryl/α,β-unsaturated/α-hetero) is 1. The third-order valence-electron chi connectivity index (χ3n) is 4.82. The lowest BCUT2D eigenvalue weighted by Crippen LogP contribution is -2.23. The van der Waals surface area contributed by atoms with Crippen molar-refractivity contribution in [2.45, 2.75) is 19.8 Å². The summed E-state index contributed by atoms with van der Waals surface area (Å²) in [5.41, 5.74) is 1.92. The van der Waals surface area contributed by atoms with E-state index in [1.165, 1.54) is 6.08 Å². The summed E-state index contributed by atoms with van der Waals surface area (Å²) in [4.78, 5) is 37.8. The molecule has 1 saturated heterocycles. The minimum absolute atomic E-state index is 0.0879. The van der Waals surface area contributed by atoms with Crippen molar-refractivity contribution in [2.75, 3.05) is 31.8 Å². The number of nitrogens with zero attached hydrogens (tertiary/aromatic N) is 1. The van der Waals surface area contributed by atoms with Crippen molar-refractivity contribution in [3.05, 3.63) is 59.7 Å². The minimum Gasteiger partial charge on any atom is -0.493 e. The number of carbonyl (C=O) groups excluding carboxylic acids is 3. The van der Waals surface area contributed by atoms with E-state index in [0.29, 0.717) is 36.6 Å². The van der Waals surface area contributed by atoms with Gasteiger partial charge in [-0.3, -0.25) is 9.59 Å². The number of hydrogen-bond donors (Lipinski definition) is 0. The van der Waals surface area contributed by atoms with Crippen LogP contribution in [0.25, 0.3) is 6.08 Å². The smallest absolute Gasteiger partial charge is 0.331 e. The zero-order valence-electron chi connectivity index (χ0n) is 17.6. The second-order valence-electron chi connectivity index (χ2n) is 6.90. The molecule has 7 heteroatoms. The van der Waals surface area contributed by atoms with Gasteiger partial charge in [0.2, 0.25) is 5.91 Å². The topological polar surface area (TPSA) is 82.1 Å². The molecule has 1 aliphatic rings. The molecule has 0 unspecified atom stereocenters. The quantitative estimate of drug-likeness (QED) is 0.348. The predicted molar refractivity (Wildman–Crippen MR) is 117 cm³/mol.